The molecule has 2 fully saturated rings. The first-order chi connectivity index (χ1) is 14.5. The molecule has 1 N–H and O–H groups in total. The fourth-order valence-electron chi connectivity index (χ4n) is 4.41. The second-order valence-corrected chi connectivity index (χ2v) is 8.29. The zero-order valence-corrected chi connectivity index (χ0v) is 17.4. The summed E-state index contributed by atoms with van der Waals surface area (Å²) in [5.74, 6) is -0.502. The zero-order valence-electron chi connectivity index (χ0n) is 17.4. The maximum absolute atomic E-state index is 13.5. The van der Waals surface area contributed by atoms with Crippen molar-refractivity contribution in [3.05, 3.63) is 65.5 Å². The van der Waals surface area contributed by atoms with Gasteiger partial charge in [-0.15, -0.1) is 0 Å². The molecule has 0 bridgehead atoms. The maximum atomic E-state index is 13.5. The first-order valence-electron chi connectivity index (χ1n) is 10.6. The van der Waals surface area contributed by atoms with Crippen LogP contribution in [0.2, 0.25) is 0 Å². The SMILES string of the molecule is Cc1ccc(F)cc1NC(=O)CN1CC[C@@]2(CCCO2)[C@@H](OCc2ccccc2)C1. The van der Waals surface area contributed by atoms with Crippen molar-refractivity contribution in [3.63, 3.8) is 0 Å². The average Bonchev–Trinajstić information content (AvgIpc) is 3.21. The van der Waals surface area contributed by atoms with Crippen LogP contribution in [-0.2, 0) is 20.9 Å². The molecule has 2 aromatic rings. The van der Waals surface area contributed by atoms with Crippen molar-refractivity contribution in [2.45, 2.75) is 44.5 Å². The Hall–Kier alpha value is -2.28. The number of piperidine rings is 1. The highest BCUT2D eigenvalue weighted by atomic mass is 19.1. The number of carbonyl (C=O) groups is 1. The lowest BCUT2D eigenvalue weighted by molar-refractivity contribution is -0.159. The van der Waals surface area contributed by atoms with E-state index >= 15 is 0 Å². The van der Waals surface area contributed by atoms with Gasteiger partial charge >= 0.3 is 0 Å². The molecule has 0 unspecified atom stereocenters. The third kappa shape index (κ3) is 4.89. The minimum Gasteiger partial charge on any atom is -0.372 e. The number of halogens is 1. The first kappa shape index (κ1) is 21.0. The zero-order chi connectivity index (χ0) is 21.0. The Morgan fingerprint density at radius 1 is 1.27 bits per heavy atom. The third-order valence-corrected chi connectivity index (χ3v) is 6.13. The number of rotatable bonds is 6. The van der Waals surface area contributed by atoms with Gasteiger partial charge in [-0.3, -0.25) is 9.69 Å². The molecule has 5 nitrogen and oxygen atoms in total. The van der Waals surface area contributed by atoms with Gasteiger partial charge in [0.1, 0.15) is 5.82 Å². The molecule has 0 aromatic heterocycles. The van der Waals surface area contributed by atoms with E-state index in [1.54, 1.807) is 6.07 Å². The summed E-state index contributed by atoms with van der Waals surface area (Å²) in [5, 5.41) is 2.84. The normalized spacial score (nSPS) is 24.3. The number of carbonyl (C=O) groups excluding carboxylic acids is 1. The van der Waals surface area contributed by atoms with Gasteiger partial charge in [0.25, 0.3) is 0 Å². The van der Waals surface area contributed by atoms with Crippen LogP contribution in [0.25, 0.3) is 0 Å². The number of amides is 1. The molecule has 2 heterocycles. The van der Waals surface area contributed by atoms with E-state index in [0.717, 1.165) is 43.5 Å². The van der Waals surface area contributed by atoms with Crippen LogP contribution in [-0.4, -0.2) is 48.8 Å². The molecule has 160 valence electrons. The number of likely N-dealkylation sites (tertiary alicyclic amines) is 1. The molecule has 2 aliphatic heterocycles. The van der Waals surface area contributed by atoms with Crippen LogP contribution >= 0.6 is 0 Å². The smallest absolute Gasteiger partial charge is 0.238 e. The molecule has 30 heavy (non-hydrogen) atoms. The molecule has 0 radical (unpaired) electrons. The summed E-state index contributed by atoms with van der Waals surface area (Å²) in [6.07, 6.45) is 2.80. The summed E-state index contributed by atoms with van der Waals surface area (Å²) in [5.41, 5.74) is 2.23. The van der Waals surface area contributed by atoms with Gasteiger partial charge in [-0.05, 0) is 49.4 Å². The van der Waals surface area contributed by atoms with E-state index in [1.807, 2.05) is 25.1 Å². The number of aryl methyl sites for hydroxylation is 1. The van der Waals surface area contributed by atoms with Crippen molar-refractivity contribution in [1.29, 1.82) is 0 Å². The number of hydrogen-bond donors (Lipinski definition) is 1. The summed E-state index contributed by atoms with van der Waals surface area (Å²) in [4.78, 5) is 14.7. The van der Waals surface area contributed by atoms with Crippen LogP contribution in [0, 0.1) is 12.7 Å². The topological polar surface area (TPSA) is 50.8 Å². The number of nitrogens with one attached hydrogen (secondary N) is 1. The van der Waals surface area contributed by atoms with Gasteiger partial charge in [-0.25, -0.2) is 4.39 Å². The van der Waals surface area contributed by atoms with E-state index in [-0.39, 0.29) is 30.0 Å². The van der Waals surface area contributed by atoms with Crippen LogP contribution in [0.5, 0.6) is 0 Å². The Bertz CT molecular complexity index is 868. The minimum atomic E-state index is -0.358. The highest BCUT2D eigenvalue weighted by Gasteiger charge is 2.47. The lowest BCUT2D eigenvalue weighted by Crippen LogP contribution is -2.57. The Labute approximate surface area is 177 Å². The van der Waals surface area contributed by atoms with Gasteiger partial charge in [-0.1, -0.05) is 36.4 Å². The van der Waals surface area contributed by atoms with E-state index < -0.39 is 0 Å². The van der Waals surface area contributed by atoms with Crippen LogP contribution in [0.4, 0.5) is 10.1 Å². The Balaban J connectivity index is 1.38. The van der Waals surface area contributed by atoms with Crippen molar-refractivity contribution < 1.29 is 18.7 Å². The van der Waals surface area contributed by atoms with Gasteiger partial charge < -0.3 is 14.8 Å². The molecule has 0 saturated carbocycles. The van der Waals surface area contributed by atoms with Gasteiger partial charge in [0.05, 0.1) is 24.9 Å². The Morgan fingerprint density at radius 2 is 2.10 bits per heavy atom. The lowest BCUT2D eigenvalue weighted by Gasteiger charge is -2.44. The molecular weight excluding hydrogens is 383 g/mol. The number of anilines is 1. The van der Waals surface area contributed by atoms with E-state index in [9.17, 15) is 9.18 Å². The first-order valence-corrected chi connectivity index (χ1v) is 10.6. The fourth-order valence-corrected chi connectivity index (χ4v) is 4.41. The van der Waals surface area contributed by atoms with E-state index in [0.29, 0.717) is 18.8 Å². The van der Waals surface area contributed by atoms with Crippen molar-refractivity contribution >= 4 is 11.6 Å². The van der Waals surface area contributed by atoms with Crippen LogP contribution in [0.15, 0.2) is 48.5 Å². The standard InChI is InChI=1S/C24H29FN2O3/c1-18-8-9-20(25)14-21(18)26-23(28)16-27-12-11-24(10-5-13-30-24)22(15-27)29-17-19-6-3-2-4-7-19/h2-4,6-9,14,22H,5,10-13,15-17H2,1H3,(H,26,28)/t22-,24-/m0/s1. The monoisotopic (exact) mass is 412 g/mol. The fraction of sp³-hybridized carbons (Fsp3) is 0.458. The van der Waals surface area contributed by atoms with Gasteiger partial charge in [-0.2, -0.15) is 0 Å². The number of ether oxygens (including phenoxy) is 2. The predicted octanol–water partition coefficient (Wildman–Crippen LogP) is 3.91. The van der Waals surface area contributed by atoms with Crippen LogP contribution < -0.4 is 5.32 Å². The lowest BCUT2D eigenvalue weighted by atomic mass is 9.85. The van der Waals surface area contributed by atoms with Crippen molar-refractivity contribution in [2.24, 2.45) is 0 Å². The van der Waals surface area contributed by atoms with Gasteiger partial charge in [0.2, 0.25) is 5.91 Å². The van der Waals surface area contributed by atoms with Crippen LogP contribution in [0.1, 0.15) is 30.4 Å². The van der Waals surface area contributed by atoms with E-state index in [2.05, 4.69) is 22.3 Å². The second-order valence-electron chi connectivity index (χ2n) is 8.29. The van der Waals surface area contributed by atoms with Crippen molar-refractivity contribution in [2.75, 3.05) is 31.6 Å². The number of hydrogen-bond acceptors (Lipinski definition) is 4. The summed E-state index contributed by atoms with van der Waals surface area (Å²) in [6.45, 7) is 4.81. The largest absolute Gasteiger partial charge is 0.372 e. The third-order valence-electron chi connectivity index (χ3n) is 6.13. The molecule has 1 amide bonds. The molecule has 2 aliphatic rings. The number of benzene rings is 2. The van der Waals surface area contributed by atoms with Crippen LogP contribution in [0.3, 0.4) is 0 Å². The molecule has 4 rings (SSSR count). The number of nitrogens with zero attached hydrogens (tertiary/aromatic N) is 1. The summed E-state index contributed by atoms with van der Waals surface area (Å²) < 4.78 is 26.0. The van der Waals surface area contributed by atoms with Gasteiger partial charge in [0.15, 0.2) is 0 Å². The summed E-state index contributed by atoms with van der Waals surface area (Å²) >= 11 is 0. The highest BCUT2D eigenvalue weighted by Crippen LogP contribution is 2.38. The minimum absolute atomic E-state index is 0.0855. The molecule has 1 spiro atoms. The highest BCUT2D eigenvalue weighted by molar-refractivity contribution is 5.92. The van der Waals surface area contributed by atoms with E-state index in [4.69, 9.17) is 9.47 Å². The van der Waals surface area contributed by atoms with E-state index in [1.165, 1.54) is 12.1 Å². The molecule has 6 heteroatoms. The summed E-state index contributed by atoms with van der Waals surface area (Å²) in [7, 11) is 0. The predicted molar refractivity (Wildman–Crippen MR) is 114 cm³/mol. The quantitative estimate of drug-likeness (QED) is 0.782. The average molecular weight is 413 g/mol. The molecule has 2 saturated heterocycles. The molecular formula is C24H29FN2O3. The Kier molecular flexibility index (Phi) is 6.46. The molecule has 0 aliphatic carbocycles. The van der Waals surface area contributed by atoms with Gasteiger partial charge in [0, 0.05) is 25.4 Å². The van der Waals surface area contributed by atoms with Crippen molar-refractivity contribution in [1.82, 2.24) is 4.90 Å². The van der Waals surface area contributed by atoms with Crippen molar-refractivity contribution in [3.8, 4) is 0 Å². The second kappa shape index (κ2) is 9.25. The summed E-state index contributed by atoms with van der Waals surface area (Å²) in [6, 6.07) is 14.5. The maximum Gasteiger partial charge on any atom is 0.238 e. The molecule has 2 aromatic carbocycles. The Morgan fingerprint density at radius 3 is 2.87 bits per heavy atom. The molecule has 2 atom stereocenters.